The summed E-state index contributed by atoms with van der Waals surface area (Å²) in [6.45, 7) is 4.13. The van der Waals surface area contributed by atoms with Crippen LogP contribution in [0.25, 0.3) is 0 Å². The van der Waals surface area contributed by atoms with Crippen molar-refractivity contribution in [1.29, 1.82) is 0 Å². The third kappa shape index (κ3) is 3.37. The Balaban J connectivity index is 2.46. The lowest BCUT2D eigenvalue weighted by Gasteiger charge is -2.35. The molecule has 1 aromatic carbocycles. The van der Waals surface area contributed by atoms with Gasteiger partial charge in [0.15, 0.2) is 0 Å². The van der Waals surface area contributed by atoms with E-state index in [1.807, 2.05) is 0 Å². The Labute approximate surface area is 131 Å². The molecule has 0 aliphatic carbocycles. The highest BCUT2D eigenvalue weighted by Crippen LogP contribution is 2.32. The minimum absolute atomic E-state index is 0.211. The van der Waals surface area contributed by atoms with E-state index in [9.17, 15) is 25.0 Å². The number of carbonyl (C=O) groups excluding carboxylic acids is 1. The number of nitro groups is 2. The molecule has 10 heteroatoms. The number of hydrogen-bond acceptors (Lipinski definition) is 7. The van der Waals surface area contributed by atoms with Crippen LogP contribution in [0.4, 0.5) is 17.1 Å². The highest BCUT2D eigenvalue weighted by atomic mass is 16.6. The lowest BCUT2D eigenvalue weighted by molar-refractivity contribution is -0.393. The fourth-order valence-corrected chi connectivity index (χ4v) is 2.57. The van der Waals surface area contributed by atoms with Crippen LogP contribution in [0.5, 0.6) is 0 Å². The maximum absolute atomic E-state index is 12.6. The van der Waals surface area contributed by atoms with Gasteiger partial charge in [0.1, 0.15) is 5.69 Å². The molecular weight excluding hydrogens is 308 g/mol. The molecule has 10 nitrogen and oxygen atoms in total. The van der Waals surface area contributed by atoms with Gasteiger partial charge in [0, 0.05) is 19.2 Å². The number of nitro benzene ring substituents is 2. The number of nitrogens with two attached hydrogens (primary N) is 1. The molecule has 0 saturated carbocycles. The number of benzene rings is 1. The topological polar surface area (TPSA) is 142 Å². The fourth-order valence-electron chi connectivity index (χ4n) is 2.57. The summed E-state index contributed by atoms with van der Waals surface area (Å²) >= 11 is 0. The summed E-state index contributed by atoms with van der Waals surface area (Å²) in [5.41, 5.74) is 3.86. The van der Waals surface area contributed by atoms with Crippen molar-refractivity contribution >= 4 is 23.0 Å². The van der Waals surface area contributed by atoms with E-state index < -0.39 is 27.1 Å². The zero-order valence-corrected chi connectivity index (χ0v) is 12.6. The second-order valence-corrected chi connectivity index (χ2v) is 5.41. The molecule has 1 amide bonds. The summed E-state index contributed by atoms with van der Waals surface area (Å²) in [7, 11) is 0. The summed E-state index contributed by atoms with van der Waals surface area (Å²) in [6.07, 6.45) is -0.421. The van der Waals surface area contributed by atoms with Gasteiger partial charge in [-0.1, -0.05) is 0 Å². The van der Waals surface area contributed by atoms with Crippen LogP contribution in [-0.4, -0.2) is 46.0 Å². The first-order valence-corrected chi connectivity index (χ1v) is 6.87. The Hall–Kier alpha value is -2.75. The van der Waals surface area contributed by atoms with Crippen molar-refractivity contribution in [2.75, 3.05) is 18.8 Å². The van der Waals surface area contributed by atoms with Gasteiger partial charge in [-0.2, -0.15) is 0 Å². The van der Waals surface area contributed by atoms with Crippen LogP contribution in [-0.2, 0) is 4.74 Å². The van der Waals surface area contributed by atoms with Crippen molar-refractivity contribution in [3.8, 4) is 0 Å². The van der Waals surface area contributed by atoms with Crippen LogP contribution in [0.15, 0.2) is 12.1 Å². The molecule has 1 fully saturated rings. The van der Waals surface area contributed by atoms with Crippen LogP contribution < -0.4 is 5.73 Å². The standard InChI is InChI=1S/C13H16N4O6/c1-7-5-15(6-8(2)23-7)13(18)10-3-9(16(19)20)4-11(12(10)14)17(21)22/h3-4,7-8H,5-6,14H2,1-2H3/t7-,8+. The first kappa shape index (κ1) is 16.6. The summed E-state index contributed by atoms with van der Waals surface area (Å²) < 4.78 is 5.51. The van der Waals surface area contributed by atoms with Gasteiger partial charge >= 0.3 is 0 Å². The van der Waals surface area contributed by atoms with Gasteiger partial charge in [0.05, 0.1) is 33.7 Å². The maximum Gasteiger partial charge on any atom is 0.299 e. The highest BCUT2D eigenvalue weighted by molar-refractivity contribution is 6.02. The molecule has 1 aromatic rings. The molecule has 23 heavy (non-hydrogen) atoms. The molecule has 1 aliphatic heterocycles. The van der Waals surface area contributed by atoms with Gasteiger partial charge in [0.2, 0.25) is 0 Å². The number of anilines is 1. The number of non-ortho nitro benzene ring substituents is 1. The van der Waals surface area contributed by atoms with Crippen LogP contribution >= 0.6 is 0 Å². The minimum atomic E-state index is -0.844. The van der Waals surface area contributed by atoms with Crippen molar-refractivity contribution in [1.82, 2.24) is 4.90 Å². The monoisotopic (exact) mass is 324 g/mol. The Bertz CT molecular complexity index is 667. The molecule has 1 heterocycles. The van der Waals surface area contributed by atoms with E-state index in [0.29, 0.717) is 0 Å². The van der Waals surface area contributed by atoms with Crippen LogP contribution in [0, 0.1) is 20.2 Å². The number of carbonyl (C=O) groups is 1. The number of amides is 1. The number of morpholine rings is 1. The Morgan fingerprint density at radius 2 is 1.78 bits per heavy atom. The van der Waals surface area contributed by atoms with Crippen LogP contribution in [0.1, 0.15) is 24.2 Å². The number of rotatable bonds is 3. The average molecular weight is 324 g/mol. The number of nitrogen functional groups attached to an aromatic ring is 1. The van der Waals surface area contributed by atoms with Gasteiger partial charge in [0.25, 0.3) is 17.3 Å². The summed E-state index contributed by atoms with van der Waals surface area (Å²) in [6, 6.07) is 1.71. The van der Waals surface area contributed by atoms with Crippen molar-refractivity contribution in [3.05, 3.63) is 37.9 Å². The van der Waals surface area contributed by atoms with E-state index in [1.54, 1.807) is 13.8 Å². The van der Waals surface area contributed by atoms with E-state index in [0.717, 1.165) is 12.1 Å². The average Bonchev–Trinajstić information content (AvgIpc) is 2.45. The summed E-state index contributed by atoms with van der Waals surface area (Å²) in [5.74, 6) is -0.587. The Kier molecular flexibility index (Phi) is 4.45. The molecule has 0 unspecified atom stereocenters. The molecule has 0 radical (unpaired) electrons. The van der Waals surface area contributed by atoms with Crippen LogP contribution in [0.2, 0.25) is 0 Å². The molecule has 0 bridgehead atoms. The molecule has 2 N–H and O–H groups in total. The van der Waals surface area contributed by atoms with Crippen molar-refractivity contribution < 1.29 is 19.4 Å². The van der Waals surface area contributed by atoms with Crippen molar-refractivity contribution in [2.45, 2.75) is 26.1 Å². The fraction of sp³-hybridized carbons (Fsp3) is 0.462. The van der Waals surface area contributed by atoms with Crippen molar-refractivity contribution in [3.63, 3.8) is 0 Å². The van der Waals surface area contributed by atoms with Gasteiger partial charge in [-0.05, 0) is 13.8 Å². The molecule has 124 valence electrons. The van der Waals surface area contributed by atoms with Gasteiger partial charge in [-0.25, -0.2) is 0 Å². The molecular formula is C13H16N4O6. The predicted octanol–water partition coefficient (Wildman–Crippen LogP) is 1.33. The van der Waals surface area contributed by atoms with Crippen LogP contribution in [0.3, 0.4) is 0 Å². The smallest absolute Gasteiger partial charge is 0.299 e. The molecule has 0 spiro atoms. The number of hydrogen-bond donors (Lipinski definition) is 1. The van der Waals surface area contributed by atoms with E-state index >= 15 is 0 Å². The highest BCUT2D eigenvalue weighted by Gasteiger charge is 2.31. The second-order valence-electron chi connectivity index (χ2n) is 5.41. The van der Waals surface area contributed by atoms with Crippen molar-refractivity contribution in [2.24, 2.45) is 0 Å². The molecule has 2 atom stereocenters. The SMILES string of the molecule is C[C@@H]1CN(C(=O)c2cc([N+](=O)[O-])cc([N+](=O)[O-])c2N)C[C@H](C)O1. The van der Waals surface area contributed by atoms with E-state index in [2.05, 4.69) is 0 Å². The van der Waals surface area contributed by atoms with Gasteiger partial charge < -0.3 is 15.4 Å². The molecule has 2 rings (SSSR count). The Morgan fingerprint density at radius 3 is 2.26 bits per heavy atom. The van der Waals surface area contributed by atoms with E-state index in [1.165, 1.54) is 4.90 Å². The molecule has 1 saturated heterocycles. The number of ether oxygens (including phenoxy) is 1. The first-order chi connectivity index (χ1) is 10.7. The Morgan fingerprint density at radius 1 is 1.22 bits per heavy atom. The largest absolute Gasteiger partial charge is 0.392 e. The van der Waals surface area contributed by atoms with E-state index in [4.69, 9.17) is 10.5 Å². The normalized spacial score (nSPS) is 21.0. The zero-order chi connectivity index (χ0) is 17.3. The summed E-state index contributed by atoms with van der Waals surface area (Å²) in [5, 5.41) is 21.9. The summed E-state index contributed by atoms with van der Waals surface area (Å²) in [4.78, 5) is 34.3. The number of nitrogens with zero attached hydrogens (tertiary/aromatic N) is 3. The first-order valence-electron chi connectivity index (χ1n) is 6.87. The lowest BCUT2D eigenvalue weighted by Crippen LogP contribution is -2.48. The second kappa shape index (κ2) is 6.16. The van der Waals surface area contributed by atoms with Gasteiger partial charge in [-0.15, -0.1) is 0 Å². The molecule has 0 aromatic heterocycles. The van der Waals surface area contributed by atoms with Gasteiger partial charge in [-0.3, -0.25) is 25.0 Å². The zero-order valence-electron chi connectivity index (χ0n) is 12.6. The maximum atomic E-state index is 12.6. The van der Waals surface area contributed by atoms with E-state index in [-0.39, 0.29) is 36.5 Å². The quantitative estimate of drug-likeness (QED) is 0.502. The third-order valence-corrected chi connectivity index (χ3v) is 3.49. The predicted molar refractivity (Wildman–Crippen MR) is 80.1 cm³/mol. The molecule has 1 aliphatic rings. The lowest BCUT2D eigenvalue weighted by atomic mass is 10.1. The minimum Gasteiger partial charge on any atom is -0.392 e. The third-order valence-electron chi connectivity index (χ3n) is 3.49.